The Kier molecular flexibility index (Phi) is 4.25. The van der Waals surface area contributed by atoms with Crippen molar-refractivity contribution in [1.82, 2.24) is 9.97 Å². The Balaban J connectivity index is 2.42. The van der Waals surface area contributed by atoms with E-state index in [4.69, 9.17) is 14.2 Å². The van der Waals surface area contributed by atoms with Gasteiger partial charge in [-0.25, -0.2) is 4.79 Å². The van der Waals surface area contributed by atoms with Crippen LogP contribution in [0.25, 0.3) is 0 Å². The molecule has 0 atom stereocenters. The van der Waals surface area contributed by atoms with Gasteiger partial charge in [-0.2, -0.15) is 9.97 Å². The van der Waals surface area contributed by atoms with Gasteiger partial charge in [-0.05, 0) is 20.8 Å². The summed E-state index contributed by atoms with van der Waals surface area (Å²) in [5.74, 6) is -0.0509. The molecular weight excluding hydrogens is 224 g/mol. The fourth-order valence-electron chi connectivity index (χ4n) is 0.998. The maximum absolute atomic E-state index is 11.3. The van der Waals surface area contributed by atoms with Gasteiger partial charge >= 0.3 is 12.0 Å². The van der Waals surface area contributed by atoms with Gasteiger partial charge in [0.25, 0.3) is 0 Å². The van der Waals surface area contributed by atoms with E-state index in [1.165, 1.54) is 19.5 Å². The molecule has 0 saturated carbocycles. The van der Waals surface area contributed by atoms with E-state index in [9.17, 15) is 4.79 Å². The molecule has 0 bridgehead atoms. The van der Waals surface area contributed by atoms with E-state index in [1.54, 1.807) is 20.8 Å². The fraction of sp³-hybridized carbons (Fsp3) is 0.545. The number of carbonyl (C=O) groups is 1. The molecule has 0 fully saturated rings. The summed E-state index contributed by atoms with van der Waals surface area (Å²) in [6.45, 7) is 5.21. The summed E-state index contributed by atoms with van der Waals surface area (Å²) >= 11 is 0. The van der Waals surface area contributed by atoms with Crippen molar-refractivity contribution in [2.75, 3.05) is 13.7 Å². The zero-order valence-corrected chi connectivity index (χ0v) is 10.4. The summed E-state index contributed by atoms with van der Waals surface area (Å²) in [5, 5.41) is 0. The zero-order chi connectivity index (χ0) is 12.9. The highest BCUT2D eigenvalue weighted by Crippen LogP contribution is 2.11. The fourth-order valence-corrected chi connectivity index (χ4v) is 0.998. The molecule has 0 aliphatic rings. The van der Waals surface area contributed by atoms with Gasteiger partial charge in [-0.15, -0.1) is 0 Å². The summed E-state index contributed by atoms with van der Waals surface area (Å²) in [7, 11) is 1.47. The second kappa shape index (κ2) is 5.47. The molecule has 1 aromatic heterocycles. The van der Waals surface area contributed by atoms with Crippen LogP contribution in [0.1, 0.15) is 20.8 Å². The number of ether oxygens (including phenoxy) is 3. The van der Waals surface area contributed by atoms with Gasteiger partial charge in [0.2, 0.25) is 0 Å². The van der Waals surface area contributed by atoms with Gasteiger partial charge in [-0.1, -0.05) is 0 Å². The van der Waals surface area contributed by atoms with Crippen LogP contribution in [0.5, 0.6) is 11.8 Å². The Morgan fingerprint density at radius 2 is 1.88 bits per heavy atom. The summed E-state index contributed by atoms with van der Waals surface area (Å²) in [5.41, 5.74) is -0.517. The number of carbonyl (C=O) groups excluding carboxylic acids is 1. The standard InChI is InChI=1S/C11H16N2O4/c1-11(2,3)17-9(14)7-16-8-5-12-10(15-4)13-6-8/h5-6H,7H2,1-4H3. The lowest BCUT2D eigenvalue weighted by Gasteiger charge is -2.19. The molecule has 0 amide bonds. The third-order valence-electron chi connectivity index (χ3n) is 1.56. The minimum Gasteiger partial charge on any atom is -0.479 e. The van der Waals surface area contributed by atoms with E-state index in [0.717, 1.165) is 0 Å². The van der Waals surface area contributed by atoms with Crippen molar-refractivity contribution < 1.29 is 19.0 Å². The third kappa shape index (κ3) is 5.14. The second-order valence-electron chi connectivity index (χ2n) is 4.28. The van der Waals surface area contributed by atoms with Crippen LogP contribution >= 0.6 is 0 Å². The number of rotatable bonds is 4. The molecular formula is C11H16N2O4. The van der Waals surface area contributed by atoms with Crippen molar-refractivity contribution in [2.45, 2.75) is 26.4 Å². The maximum Gasteiger partial charge on any atom is 0.344 e. The Morgan fingerprint density at radius 3 is 2.35 bits per heavy atom. The first-order chi connectivity index (χ1) is 7.90. The Labute approximate surface area is 99.9 Å². The van der Waals surface area contributed by atoms with Crippen molar-refractivity contribution >= 4 is 5.97 Å². The van der Waals surface area contributed by atoms with E-state index in [2.05, 4.69) is 9.97 Å². The number of nitrogens with zero attached hydrogens (tertiary/aromatic N) is 2. The van der Waals surface area contributed by atoms with E-state index >= 15 is 0 Å². The molecule has 0 aliphatic carbocycles. The molecule has 6 heteroatoms. The van der Waals surface area contributed by atoms with E-state index in [0.29, 0.717) is 5.75 Å². The van der Waals surface area contributed by atoms with Gasteiger partial charge in [0.05, 0.1) is 19.5 Å². The normalized spacial score (nSPS) is 10.8. The lowest BCUT2D eigenvalue weighted by molar-refractivity contribution is -0.157. The monoisotopic (exact) mass is 240 g/mol. The molecule has 6 nitrogen and oxygen atoms in total. The molecule has 1 aromatic rings. The van der Waals surface area contributed by atoms with Gasteiger partial charge in [0.1, 0.15) is 5.60 Å². The summed E-state index contributed by atoms with van der Waals surface area (Å²) in [4.78, 5) is 19.0. The van der Waals surface area contributed by atoms with E-state index in [1.807, 2.05) is 0 Å². The molecule has 0 radical (unpaired) electrons. The highest BCUT2D eigenvalue weighted by molar-refractivity contribution is 5.71. The minimum absolute atomic E-state index is 0.174. The smallest absolute Gasteiger partial charge is 0.344 e. The largest absolute Gasteiger partial charge is 0.479 e. The Morgan fingerprint density at radius 1 is 1.29 bits per heavy atom. The molecule has 17 heavy (non-hydrogen) atoms. The first-order valence-electron chi connectivity index (χ1n) is 5.11. The Bertz CT molecular complexity index is 370. The zero-order valence-electron chi connectivity index (χ0n) is 10.4. The van der Waals surface area contributed by atoms with Crippen molar-refractivity contribution in [3.63, 3.8) is 0 Å². The topological polar surface area (TPSA) is 70.5 Å². The number of hydrogen-bond acceptors (Lipinski definition) is 6. The maximum atomic E-state index is 11.3. The van der Waals surface area contributed by atoms with Crippen LogP contribution in [0.15, 0.2) is 12.4 Å². The number of esters is 1. The third-order valence-corrected chi connectivity index (χ3v) is 1.56. The molecule has 0 spiro atoms. The second-order valence-corrected chi connectivity index (χ2v) is 4.28. The first-order valence-corrected chi connectivity index (χ1v) is 5.11. The minimum atomic E-state index is -0.517. The van der Waals surface area contributed by atoms with Gasteiger partial charge < -0.3 is 14.2 Å². The molecule has 0 N–H and O–H groups in total. The highest BCUT2D eigenvalue weighted by atomic mass is 16.6. The van der Waals surface area contributed by atoms with Crippen molar-refractivity contribution in [3.8, 4) is 11.8 Å². The lowest BCUT2D eigenvalue weighted by Crippen LogP contribution is -2.27. The summed E-state index contributed by atoms with van der Waals surface area (Å²) in [6.07, 6.45) is 2.85. The predicted molar refractivity (Wildman–Crippen MR) is 59.9 cm³/mol. The van der Waals surface area contributed by atoms with Crippen LogP contribution in [0.2, 0.25) is 0 Å². The SMILES string of the molecule is COc1ncc(OCC(=O)OC(C)(C)C)cn1. The van der Waals surface area contributed by atoms with Crippen molar-refractivity contribution in [2.24, 2.45) is 0 Å². The van der Waals surface area contributed by atoms with Crippen molar-refractivity contribution in [3.05, 3.63) is 12.4 Å². The van der Waals surface area contributed by atoms with E-state index < -0.39 is 11.6 Å². The van der Waals surface area contributed by atoms with Crippen LogP contribution in [-0.4, -0.2) is 35.3 Å². The number of hydrogen-bond donors (Lipinski definition) is 0. The summed E-state index contributed by atoms with van der Waals surface area (Å²) in [6, 6.07) is 0.245. The molecule has 0 unspecified atom stereocenters. The average molecular weight is 240 g/mol. The van der Waals surface area contributed by atoms with Crippen LogP contribution in [0, 0.1) is 0 Å². The Hall–Kier alpha value is -1.85. The van der Waals surface area contributed by atoms with Crippen LogP contribution in [-0.2, 0) is 9.53 Å². The number of methoxy groups -OCH3 is 1. The average Bonchev–Trinajstić information content (AvgIpc) is 2.25. The molecule has 94 valence electrons. The first kappa shape index (κ1) is 13.2. The van der Waals surface area contributed by atoms with Crippen LogP contribution < -0.4 is 9.47 Å². The lowest BCUT2D eigenvalue weighted by atomic mass is 10.2. The molecule has 0 saturated heterocycles. The van der Waals surface area contributed by atoms with Crippen molar-refractivity contribution in [1.29, 1.82) is 0 Å². The number of aromatic nitrogens is 2. The van der Waals surface area contributed by atoms with E-state index in [-0.39, 0.29) is 12.6 Å². The van der Waals surface area contributed by atoms with Crippen LogP contribution in [0.3, 0.4) is 0 Å². The van der Waals surface area contributed by atoms with Crippen LogP contribution in [0.4, 0.5) is 0 Å². The molecule has 0 aromatic carbocycles. The predicted octanol–water partition coefficient (Wildman–Crippen LogP) is 1.21. The highest BCUT2D eigenvalue weighted by Gasteiger charge is 2.16. The summed E-state index contributed by atoms with van der Waals surface area (Å²) < 4.78 is 15.0. The van der Waals surface area contributed by atoms with Gasteiger partial charge in [-0.3, -0.25) is 0 Å². The molecule has 1 heterocycles. The van der Waals surface area contributed by atoms with Gasteiger partial charge in [0, 0.05) is 0 Å². The quantitative estimate of drug-likeness (QED) is 0.736. The molecule has 1 rings (SSSR count). The van der Waals surface area contributed by atoms with Gasteiger partial charge in [0.15, 0.2) is 12.4 Å². The molecule has 0 aliphatic heterocycles.